The lowest BCUT2D eigenvalue weighted by atomic mass is 10.1. The first kappa shape index (κ1) is 16.4. The topological polar surface area (TPSA) is 56.2 Å². The number of halogens is 1. The summed E-state index contributed by atoms with van der Waals surface area (Å²) in [6.45, 7) is 0.697. The number of hydrogen-bond acceptors (Lipinski definition) is 3. The van der Waals surface area contributed by atoms with Crippen molar-refractivity contribution in [1.29, 1.82) is 0 Å². The minimum absolute atomic E-state index is 0.144. The maximum absolute atomic E-state index is 12.4. The van der Waals surface area contributed by atoms with E-state index in [0.717, 1.165) is 22.6 Å². The van der Waals surface area contributed by atoms with Gasteiger partial charge in [-0.05, 0) is 42.0 Å². The molecule has 2 aromatic carbocycles. The normalized spacial score (nSPS) is 12.7. The largest absolute Gasteiger partial charge is 0.488 e. The van der Waals surface area contributed by atoms with E-state index >= 15 is 0 Å². The Labute approximate surface area is 155 Å². The number of hydrogen-bond donors (Lipinski definition) is 1. The molecule has 5 nitrogen and oxygen atoms in total. The van der Waals surface area contributed by atoms with Crippen LogP contribution in [0.1, 0.15) is 11.1 Å². The van der Waals surface area contributed by atoms with E-state index in [9.17, 15) is 4.79 Å². The molecule has 0 bridgehead atoms. The minimum atomic E-state index is -0.144. The molecule has 1 amide bonds. The van der Waals surface area contributed by atoms with Gasteiger partial charge >= 0.3 is 0 Å². The van der Waals surface area contributed by atoms with Crippen LogP contribution in [0.3, 0.4) is 0 Å². The fourth-order valence-corrected chi connectivity index (χ4v) is 2.95. The van der Waals surface area contributed by atoms with Gasteiger partial charge < -0.3 is 14.6 Å². The summed E-state index contributed by atoms with van der Waals surface area (Å²) in [5.41, 5.74) is 3.44. The van der Waals surface area contributed by atoms with Gasteiger partial charge in [0.1, 0.15) is 12.4 Å². The lowest BCUT2D eigenvalue weighted by molar-refractivity contribution is -0.117. The van der Waals surface area contributed by atoms with Gasteiger partial charge in [-0.15, -0.1) is 0 Å². The van der Waals surface area contributed by atoms with Crippen molar-refractivity contribution < 1.29 is 9.53 Å². The first-order valence-corrected chi connectivity index (χ1v) is 8.55. The molecule has 1 aliphatic heterocycles. The van der Waals surface area contributed by atoms with E-state index in [4.69, 9.17) is 16.3 Å². The van der Waals surface area contributed by atoms with Crippen molar-refractivity contribution >= 4 is 23.6 Å². The summed E-state index contributed by atoms with van der Waals surface area (Å²) in [6.07, 6.45) is 7.19. The van der Waals surface area contributed by atoms with Crippen molar-refractivity contribution in [3.8, 4) is 11.4 Å². The van der Waals surface area contributed by atoms with Crippen LogP contribution in [0.5, 0.6) is 5.75 Å². The SMILES string of the molecule is O=C(NCc1ccc(-n2ccnc2)cc1)C1=Cc2cc(Cl)ccc2OC1. The Morgan fingerprint density at radius 1 is 1.23 bits per heavy atom. The van der Waals surface area contributed by atoms with Gasteiger partial charge in [-0.25, -0.2) is 4.98 Å². The molecule has 2 heterocycles. The number of nitrogens with zero attached hydrogens (tertiary/aromatic N) is 2. The Morgan fingerprint density at radius 3 is 2.85 bits per heavy atom. The van der Waals surface area contributed by atoms with E-state index in [1.54, 1.807) is 24.7 Å². The highest BCUT2D eigenvalue weighted by molar-refractivity contribution is 6.30. The number of amides is 1. The summed E-state index contributed by atoms with van der Waals surface area (Å²) in [5, 5.41) is 3.54. The highest BCUT2D eigenvalue weighted by atomic mass is 35.5. The number of benzene rings is 2. The zero-order chi connectivity index (χ0) is 17.9. The fraction of sp³-hybridized carbons (Fsp3) is 0.100. The Kier molecular flexibility index (Phi) is 4.46. The number of ether oxygens (including phenoxy) is 1. The number of imidazole rings is 1. The zero-order valence-corrected chi connectivity index (χ0v) is 14.6. The summed E-state index contributed by atoms with van der Waals surface area (Å²) in [5.74, 6) is 0.593. The van der Waals surface area contributed by atoms with Gasteiger partial charge in [0, 0.05) is 35.2 Å². The van der Waals surface area contributed by atoms with Crippen molar-refractivity contribution in [3.05, 3.63) is 82.9 Å². The third-order valence-corrected chi connectivity index (χ3v) is 4.40. The average molecular weight is 366 g/mol. The third kappa shape index (κ3) is 3.48. The Hall–Kier alpha value is -3.05. The molecule has 0 fully saturated rings. The van der Waals surface area contributed by atoms with Crippen LogP contribution in [-0.2, 0) is 11.3 Å². The number of aromatic nitrogens is 2. The van der Waals surface area contributed by atoms with E-state index in [-0.39, 0.29) is 12.5 Å². The highest BCUT2D eigenvalue weighted by Crippen LogP contribution is 2.29. The van der Waals surface area contributed by atoms with Crippen molar-refractivity contribution in [2.45, 2.75) is 6.54 Å². The van der Waals surface area contributed by atoms with E-state index in [1.807, 2.05) is 47.2 Å². The summed E-state index contributed by atoms with van der Waals surface area (Å²) in [4.78, 5) is 16.4. The molecule has 4 rings (SSSR count). The van der Waals surface area contributed by atoms with Crippen molar-refractivity contribution in [3.63, 3.8) is 0 Å². The van der Waals surface area contributed by atoms with Gasteiger partial charge in [-0.2, -0.15) is 0 Å². The van der Waals surface area contributed by atoms with Crippen LogP contribution in [0.2, 0.25) is 5.02 Å². The molecule has 0 saturated carbocycles. The van der Waals surface area contributed by atoms with Gasteiger partial charge in [0.25, 0.3) is 5.91 Å². The fourth-order valence-electron chi connectivity index (χ4n) is 2.77. The van der Waals surface area contributed by atoms with Crippen LogP contribution < -0.4 is 10.1 Å². The number of nitrogens with one attached hydrogen (secondary N) is 1. The molecule has 0 saturated heterocycles. The van der Waals surface area contributed by atoms with Gasteiger partial charge in [0.05, 0.1) is 11.9 Å². The summed E-state index contributed by atoms with van der Waals surface area (Å²) >= 11 is 6.00. The number of carbonyl (C=O) groups excluding carboxylic acids is 1. The first-order chi connectivity index (χ1) is 12.7. The minimum Gasteiger partial charge on any atom is -0.488 e. The van der Waals surface area contributed by atoms with Crippen molar-refractivity contribution in [2.24, 2.45) is 0 Å². The lowest BCUT2D eigenvalue weighted by Crippen LogP contribution is -2.28. The molecule has 0 spiro atoms. The van der Waals surface area contributed by atoms with Crippen LogP contribution in [-0.4, -0.2) is 22.1 Å². The molecule has 1 N–H and O–H groups in total. The molecular formula is C20H16ClN3O2. The maximum atomic E-state index is 12.4. The lowest BCUT2D eigenvalue weighted by Gasteiger charge is -2.18. The molecular weight excluding hydrogens is 350 g/mol. The van der Waals surface area contributed by atoms with Crippen LogP contribution in [0.15, 0.2) is 66.8 Å². The van der Waals surface area contributed by atoms with E-state index in [2.05, 4.69) is 10.3 Å². The molecule has 6 heteroatoms. The summed E-state index contributed by atoms with van der Waals surface area (Å²) in [6, 6.07) is 13.3. The second kappa shape index (κ2) is 7.06. The molecule has 3 aromatic rings. The average Bonchev–Trinajstić information content (AvgIpc) is 3.20. The van der Waals surface area contributed by atoms with E-state index < -0.39 is 0 Å². The standard InChI is InChI=1S/C20H16ClN3O2/c21-17-3-6-19-15(10-17)9-16(12-26-19)20(25)23-11-14-1-4-18(5-2-14)24-8-7-22-13-24/h1-10,13H,11-12H2,(H,23,25). The molecule has 130 valence electrons. The Bertz CT molecular complexity index is 963. The van der Waals surface area contributed by atoms with Crippen molar-refractivity contribution in [1.82, 2.24) is 14.9 Å². The first-order valence-electron chi connectivity index (χ1n) is 8.17. The Balaban J connectivity index is 1.41. The zero-order valence-electron chi connectivity index (χ0n) is 13.9. The molecule has 0 radical (unpaired) electrons. The Morgan fingerprint density at radius 2 is 2.08 bits per heavy atom. The van der Waals surface area contributed by atoms with Crippen LogP contribution in [0.4, 0.5) is 0 Å². The number of carbonyl (C=O) groups is 1. The second-order valence-electron chi connectivity index (χ2n) is 5.96. The second-order valence-corrected chi connectivity index (χ2v) is 6.40. The maximum Gasteiger partial charge on any atom is 0.250 e. The van der Waals surface area contributed by atoms with Gasteiger partial charge in [-0.1, -0.05) is 23.7 Å². The summed E-state index contributed by atoms with van der Waals surface area (Å²) in [7, 11) is 0. The van der Waals surface area contributed by atoms with Gasteiger partial charge in [0.15, 0.2) is 0 Å². The molecule has 1 aromatic heterocycles. The quantitative estimate of drug-likeness (QED) is 0.768. The molecule has 0 unspecified atom stereocenters. The predicted molar refractivity (Wildman–Crippen MR) is 100 cm³/mol. The predicted octanol–water partition coefficient (Wildman–Crippen LogP) is 3.62. The van der Waals surface area contributed by atoms with E-state index in [0.29, 0.717) is 17.1 Å². The highest BCUT2D eigenvalue weighted by Gasteiger charge is 2.17. The van der Waals surface area contributed by atoms with E-state index in [1.165, 1.54) is 0 Å². The third-order valence-electron chi connectivity index (χ3n) is 4.17. The smallest absolute Gasteiger partial charge is 0.250 e. The molecule has 26 heavy (non-hydrogen) atoms. The number of rotatable bonds is 4. The number of fused-ring (bicyclic) bond motifs is 1. The van der Waals surface area contributed by atoms with Crippen LogP contribution in [0.25, 0.3) is 11.8 Å². The van der Waals surface area contributed by atoms with Gasteiger partial charge in [-0.3, -0.25) is 4.79 Å². The van der Waals surface area contributed by atoms with Crippen LogP contribution >= 0.6 is 11.6 Å². The van der Waals surface area contributed by atoms with Crippen molar-refractivity contribution in [2.75, 3.05) is 6.61 Å². The van der Waals surface area contributed by atoms with Gasteiger partial charge in [0.2, 0.25) is 0 Å². The molecule has 0 atom stereocenters. The molecule has 1 aliphatic rings. The monoisotopic (exact) mass is 365 g/mol. The summed E-state index contributed by atoms with van der Waals surface area (Å²) < 4.78 is 7.55. The van der Waals surface area contributed by atoms with Crippen LogP contribution in [0, 0.1) is 0 Å². The molecule has 0 aliphatic carbocycles.